The monoisotopic (exact) mass is 419 g/mol. The first kappa shape index (κ1) is 17.0. The quantitative estimate of drug-likeness (QED) is 0.697. The van der Waals surface area contributed by atoms with Gasteiger partial charge in [-0.05, 0) is 47.0 Å². The van der Waals surface area contributed by atoms with Gasteiger partial charge in [-0.3, -0.25) is 4.79 Å². The standard InChI is InChI=1S/C17H18BrN5O3/c1-25-9-11-3-2-6-22(11)17(24)10-7-12(19)16-20-15(21-23(16)8-10)13-4-5-14(18)26-13/h4-5,7-8,11H,2-3,6,9,19H2,1H3. The molecule has 2 N–H and O–H groups in total. The highest BCUT2D eigenvalue weighted by atomic mass is 79.9. The van der Waals surface area contributed by atoms with Crippen molar-refractivity contribution in [3.8, 4) is 11.6 Å². The molecule has 1 saturated heterocycles. The number of aromatic nitrogens is 3. The second-order valence-corrected chi connectivity index (χ2v) is 7.02. The molecule has 8 nitrogen and oxygen atoms in total. The molecule has 4 heterocycles. The molecule has 9 heteroatoms. The van der Waals surface area contributed by atoms with Gasteiger partial charge in [-0.1, -0.05) is 0 Å². The van der Waals surface area contributed by atoms with Gasteiger partial charge in [0.1, 0.15) is 0 Å². The fourth-order valence-corrected chi connectivity index (χ4v) is 3.61. The summed E-state index contributed by atoms with van der Waals surface area (Å²) in [6.07, 6.45) is 3.57. The normalized spacial score (nSPS) is 17.3. The third kappa shape index (κ3) is 2.97. The summed E-state index contributed by atoms with van der Waals surface area (Å²) in [6, 6.07) is 5.27. The number of ether oxygens (including phenoxy) is 1. The fraction of sp³-hybridized carbons (Fsp3) is 0.353. The molecular weight excluding hydrogens is 402 g/mol. The number of nitrogen functional groups attached to an aromatic ring is 1. The van der Waals surface area contributed by atoms with Crippen LogP contribution in [0.1, 0.15) is 23.2 Å². The van der Waals surface area contributed by atoms with E-state index >= 15 is 0 Å². The van der Waals surface area contributed by atoms with Gasteiger partial charge in [0.15, 0.2) is 16.1 Å². The lowest BCUT2D eigenvalue weighted by atomic mass is 10.2. The van der Waals surface area contributed by atoms with Crippen molar-refractivity contribution in [3.63, 3.8) is 0 Å². The number of likely N-dealkylation sites (tertiary alicyclic amines) is 1. The minimum atomic E-state index is -0.0732. The molecule has 1 aliphatic heterocycles. The molecule has 1 unspecified atom stereocenters. The lowest BCUT2D eigenvalue weighted by molar-refractivity contribution is 0.0630. The summed E-state index contributed by atoms with van der Waals surface area (Å²) < 4.78 is 12.8. The molecule has 0 aromatic carbocycles. The van der Waals surface area contributed by atoms with E-state index in [1.54, 1.807) is 31.5 Å². The molecule has 1 amide bonds. The van der Waals surface area contributed by atoms with Crippen molar-refractivity contribution in [2.24, 2.45) is 0 Å². The number of anilines is 1. The van der Waals surface area contributed by atoms with Gasteiger partial charge in [-0.25, -0.2) is 9.50 Å². The van der Waals surface area contributed by atoms with Crippen LogP contribution >= 0.6 is 15.9 Å². The SMILES string of the molecule is COCC1CCCN1C(=O)c1cc(N)c2nc(-c3ccc(Br)o3)nn2c1. The molecule has 4 rings (SSSR count). The lowest BCUT2D eigenvalue weighted by Gasteiger charge is -2.24. The van der Waals surface area contributed by atoms with Crippen molar-refractivity contribution >= 4 is 33.2 Å². The Hall–Kier alpha value is -2.39. The topological polar surface area (TPSA) is 98.9 Å². The number of pyridine rings is 1. The Balaban J connectivity index is 1.69. The highest BCUT2D eigenvalue weighted by Crippen LogP contribution is 2.26. The highest BCUT2D eigenvalue weighted by Gasteiger charge is 2.30. The Morgan fingerprint density at radius 3 is 3.08 bits per heavy atom. The molecule has 3 aromatic rings. The Kier molecular flexibility index (Phi) is 4.41. The molecule has 0 saturated carbocycles. The van der Waals surface area contributed by atoms with Gasteiger partial charge < -0.3 is 19.8 Å². The molecular formula is C17H18BrN5O3. The van der Waals surface area contributed by atoms with Crippen LogP contribution in [0, 0.1) is 0 Å². The lowest BCUT2D eigenvalue weighted by Crippen LogP contribution is -2.38. The third-order valence-electron chi connectivity index (χ3n) is 4.50. The van der Waals surface area contributed by atoms with Crippen LogP contribution in [-0.2, 0) is 4.74 Å². The summed E-state index contributed by atoms with van der Waals surface area (Å²) >= 11 is 3.26. The minimum Gasteiger partial charge on any atom is -0.446 e. The van der Waals surface area contributed by atoms with Crippen LogP contribution in [0.4, 0.5) is 5.69 Å². The molecule has 0 bridgehead atoms. The van der Waals surface area contributed by atoms with Gasteiger partial charge in [-0.2, -0.15) is 0 Å². The summed E-state index contributed by atoms with van der Waals surface area (Å²) in [5, 5.41) is 4.40. The van der Waals surface area contributed by atoms with Gasteiger partial charge in [0.2, 0.25) is 5.82 Å². The fourth-order valence-electron chi connectivity index (χ4n) is 3.30. The number of carbonyl (C=O) groups excluding carboxylic acids is 1. The number of nitrogens with two attached hydrogens (primary N) is 1. The third-order valence-corrected chi connectivity index (χ3v) is 4.93. The smallest absolute Gasteiger partial charge is 0.255 e. The largest absolute Gasteiger partial charge is 0.446 e. The predicted molar refractivity (Wildman–Crippen MR) is 98.7 cm³/mol. The first-order chi connectivity index (χ1) is 12.6. The zero-order chi connectivity index (χ0) is 18.3. The number of amides is 1. The Morgan fingerprint density at radius 1 is 1.50 bits per heavy atom. The van der Waals surface area contributed by atoms with Crippen molar-refractivity contribution in [1.82, 2.24) is 19.5 Å². The number of carbonyl (C=O) groups is 1. The molecule has 3 aromatic heterocycles. The number of nitrogens with zero attached hydrogens (tertiary/aromatic N) is 4. The zero-order valence-corrected chi connectivity index (χ0v) is 15.8. The van der Waals surface area contributed by atoms with E-state index in [4.69, 9.17) is 14.9 Å². The molecule has 1 fully saturated rings. The Bertz CT molecular complexity index is 967. The number of rotatable bonds is 4. The number of hydrogen-bond acceptors (Lipinski definition) is 6. The van der Waals surface area contributed by atoms with Gasteiger partial charge in [0, 0.05) is 19.9 Å². The van der Waals surface area contributed by atoms with Gasteiger partial charge in [0.25, 0.3) is 5.91 Å². The Labute approximate surface area is 158 Å². The summed E-state index contributed by atoms with van der Waals surface area (Å²) in [4.78, 5) is 19.2. The highest BCUT2D eigenvalue weighted by molar-refractivity contribution is 9.10. The summed E-state index contributed by atoms with van der Waals surface area (Å²) in [5.74, 6) is 0.855. The van der Waals surface area contributed by atoms with Crippen LogP contribution in [-0.4, -0.2) is 51.7 Å². The van der Waals surface area contributed by atoms with E-state index in [0.717, 1.165) is 12.8 Å². The summed E-state index contributed by atoms with van der Waals surface area (Å²) in [7, 11) is 1.65. The van der Waals surface area contributed by atoms with Crippen LogP contribution in [0.5, 0.6) is 0 Å². The zero-order valence-electron chi connectivity index (χ0n) is 14.2. The van der Waals surface area contributed by atoms with E-state index in [-0.39, 0.29) is 11.9 Å². The van der Waals surface area contributed by atoms with E-state index in [2.05, 4.69) is 26.0 Å². The average molecular weight is 420 g/mol. The summed E-state index contributed by atoms with van der Waals surface area (Å²) in [5.41, 5.74) is 7.48. The average Bonchev–Trinajstić information content (AvgIpc) is 3.33. The van der Waals surface area contributed by atoms with E-state index in [1.165, 1.54) is 4.52 Å². The first-order valence-corrected chi connectivity index (χ1v) is 9.07. The number of furan rings is 1. The molecule has 0 aliphatic carbocycles. The van der Waals surface area contributed by atoms with Crippen LogP contribution in [0.25, 0.3) is 17.2 Å². The number of hydrogen-bond donors (Lipinski definition) is 1. The van der Waals surface area contributed by atoms with E-state index in [9.17, 15) is 4.79 Å². The van der Waals surface area contributed by atoms with Crippen LogP contribution < -0.4 is 5.73 Å². The summed E-state index contributed by atoms with van der Waals surface area (Å²) in [6.45, 7) is 1.25. The van der Waals surface area contributed by atoms with Crippen LogP contribution in [0.15, 0.2) is 33.5 Å². The number of methoxy groups -OCH3 is 1. The van der Waals surface area contributed by atoms with Crippen molar-refractivity contribution in [2.45, 2.75) is 18.9 Å². The van der Waals surface area contributed by atoms with Crippen molar-refractivity contribution in [1.29, 1.82) is 0 Å². The van der Waals surface area contributed by atoms with Gasteiger partial charge >= 0.3 is 0 Å². The van der Waals surface area contributed by atoms with Crippen molar-refractivity contribution in [2.75, 3.05) is 26.0 Å². The van der Waals surface area contributed by atoms with Crippen LogP contribution in [0.2, 0.25) is 0 Å². The van der Waals surface area contributed by atoms with E-state index in [1.807, 2.05) is 4.90 Å². The van der Waals surface area contributed by atoms with Crippen molar-refractivity contribution in [3.05, 3.63) is 34.6 Å². The van der Waals surface area contributed by atoms with E-state index in [0.29, 0.717) is 46.3 Å². The van der Waals surface area contributed by atoms with Gasteiger partial charge in [0.05, 0.1) is 23.9 Å². The minimum absolute atomic E-state index is 0.0732. The maximum atomic E-state index is 12.9. The molecule has 1 aliphatic rings. The molecule has 0 radical (unpaired) electrons. The molecule has 26 heavy (non-hydrogen) atoms. The second kappa shape index (κ2) is 6.73. The maximum absolute atomic E-state index is 12.9. The van der Waals surface area contributed by atoms with Gasteiger partial charge in [-0.15, -0.1) is 5.10 Å². The molecule has 0 spiro atoms. The maximum Gasteiger partial charge on any atom is 0.255 e. The van der Waals surface area contributed by atoms with E-state index < -0.39 is 0 Å². The number of fused-ring (bicyclic) bond motifs is 1. The first-order valence-electron chi connectivity index (χ1n) is 8.28. The predicted octanol–water partition coefficient (Wildman–Crippen LogP) is 2.59. The number of halogens is 1. The Morgan fingerprint density at radius 2 is 2.35 bits per heavy atom. The van der Waals surface area contributed by atoms with Crippen LogP contribution in [0.3, 0.4) is 0 Å². The molecule has 1 atom stereocenters. The van der Waals surface area contributed by atoms with Crippen molar-refractivity contribution < 1.29 is 13.9 Å². The second-order valence-electron chi connectivity index (χ2n) is 6.24. The molecule has 136 valence electrons.